The molecule has 1 aliphatic heterocycles. The van der Waals surface area contributed by atoms with Crippen molar-refractivity contribution in [1.82, 2.24) is 4.90 Å². The number of allylic oxidation sites excluding steroid dienone is 1. The van der Waals surface area contributed by atoms with E-state index >= 15 is 0 Å². The fourth-order valence-corrected chi connectivity index (χ4v) is 5.36. The monoisotopic (exact) mass is 490 g/mol. The van der Waals surface area contributed by atoms with Crippen LogP contribution in [0.25, 0.3) is 5.57 Å². The zero-order chi connectivity index (χ0) is 25.6. The molecule has 188 valence electrons. The van der Waals surface area contributed by atoms with Crippen LogP contribution in [0.4, 0.5) is 11.4 Å². The smallest absolute Gasteiger partial charge is 0.251 e. The Labute approximate surface area is 220 Å². The van der Waals surface area contributed by atoms with Gasteiger partial charge in [-0.3, -0.25) is 9.69 Å². The third-order valence-electron chi connectivity index (χ3n) is 7.54. The van der Waals surface area contributed by atoms with Crippen LogP contribution in [0.1, 0.15) is 47.9 Å². The van der Waals surface area contributed by atoms with Gasteiger partial charge in [0.25, 0.3) is 5.91 Å². The largest absolute Gasteiger partial charge is 0.369 e. The van der Waals surface area contributed by atoms with E-state index in [4.69, 9.17) is 0 Å². The van der Waals surface area contributed by atoms with Crippen LogP contribution in [-0.4, -0.2) is 37.0 Å². The fourth-order valence-electron chi connectivity index (χ4n) is 5.36. The van der Waals surface area contributed by atoms with Gasteiger partial charge in [-0.05, 0) is 79.6 Å². The van der Waals surface area contributed by atoms with E-state index in [0.717, 1.165) is 80.8 Å². The number of hydrogen-bond acceptors (Lipinski definition) is 4. The summed E-state index contributed by atoms with van der Waals surface area (Å²) in [6, 6.07) is 26.9. The van der Waals surface area contributed by atoms with E-state index < -0.39 is 0 Å². The molecule has 2 aliphatic rings. The molecular weight excluding hydrogens is 456 g/mol. The molecule has 37 heavy (non-hydrogen) atoms. The SMILES string of the molecule is Cc1ccc(C2=C(C(=O)Nc3ccc(N4CCN(Cc5ccccc5C#N)CC4)cc3)CCCC2)cc1. The van der Waals surface area contributed by atoms with E-state index in [1.165, 1.54) is 22.4 Å². The highest BCUT2D eigenvalue weighted by atomic mass is 16.1. The molecule has 1 fully saturated rings. The van der Waals surface area contributed by atoms with Crippen molar-refractivity contribution in [3.8, 4) is 6.07 Å². The Hall–Kier alpha value is -3.88. The van der Waals surface area contributed by atoms with Gasteiger partial charge in [0.1, 0.15) is 0 Å². The minimum absolute atomic E-state index is 0.0225. The number of carbonyl (C=O) groups is 1. The van der Waals surface area contributed by atoms with Crippen molar-refractivity contribution in [3.63, 3.8) is 0 Å². The number of benzene rings is 3. The number of hydrogen-bond donors (Lipinski definition) is 1. The number of carbonyl (C=O) groups excluding carboxylic acids is 1. The van der Waals surface area contributed by atoms with Crippen LogP contribution in [0.2, 0.25) is 0 Å². The second-order valence-electron chi connectivity index (χ2n) is 10.1. The van der Waals surface area contributed by atoms with Crippen molar-refractivity contribution in [3.05, 3.63) is 101 Å². The van der Waals surface area contributed by atoms with Gasteiger partial charge in [0, 0.05) is 49.7 Å². The number of nitriles is 1. The van der Waals surface area contributed by atoms with Crippen LogP contribution in [0.5, 0.6) is 0 Å². The second kappa shape index (κ2) is 11.5. The van der Waals surface area contributed by atoms with Crippen molar-refractivity contribution in [2.75, 3.05) is 36.4 Å². The second-order valence-corrected chi connectivity index (χ2v) is 10.1. The topological polar surface area (TPSA) is 59.4 Å². The molecule has 0 atom stereocenters. The molecule has 0 unspecified atom stereocenters. The van der Waals surface area contributed by atoms with Gasteiger partial charge in [0.05, 0.1) is 11.6 Å². The zero-order valence-electron chi connectivity index (χ0n) is 21.5. The Morgan fingerprint density at radius 3 is 2.32 bits per heavy atom. The maximum atomic E-state index is 13.2. The molecule has 5 heteroatoms. The van der Waals surface area contributed by atoms with Gasteiger partial charge in [-0.15, -0.1) is 0 Å². The Balaban J connectivity index is 1.19. The van der Waals surface area contributed by atoms with Crippen LogP contribution in [-0.2, 0) is 11.3 Å². The Kier molecular flexibility index (Phi) is 7.67. The summed E-state index contributed by atoms with van der Waals surface area (Å²) in [5.41, 5.74) is 8.38. The molecular formula is C32H34N4O. The van der Waals surface area contributed by atoms with Gasteiger partial charge in [0.2, 0.25) is 0 Å². The van der Waals surface area contributed by atoms with Gasteiger partial charge in [-0.1, -0.05) is 48.0 Å². The minimum atomic E-state index is 0.0225. The predicted octanol–water partition coefficient (Wildman–Crippen LogP) is 6.16. The third kappa shape index (κ3) is 5.93. The maximum absolute atomic E-state index is 13.2. The molecule has 5 nitrogen and oxygen atoms in total. The van der Waals surface area contributed by atoms with Gasteiger partial charge in [0.15, 0.2) is 0 Å². The van der Waals surface area contributed by atoms with Crippen LogP contribution in [0.15, 0.2) is 78.4 Å². The predicted molar refractivity (Wildman–Crippen MR) is 150 cm³/mol. The highest BCUT2D eigenvalue weighted by Gasteiger charge is 2.21. The molecule has 0 aromatic heterocycles. The standard InChI is InChI=1S/C32H34N4O/c1-24-10-12-25(13-11-24)30-8-4-5-9-31(30)32(37)34-28-14-16-29(17-15-28)36-20-18-35(19-21-36)23-27-7-3-2-6-26(27)22-33/h2-3,6-7,10-17H,4-5,8-9,18-21,23H2,1H3,(H,34,37). The Morgan fingerprint density at radius 2 is 1.59 bits per heavy atom. The van der Waals surface area contributed by atoms with Gasteiger partial charge < -0.3 is 10.2 Å². The summed E-state index contributed by atoms with van der Waals surface area (Å²) in [5, 5.41) is 12.5. The van der Waals surface area contributed by atoms with Crippen molar-refractivity contribution in [2.45, 2.75) is 39.2 Å². The van der Waals surface area contributed by atoms with E-state index in [2.05, 4.69) is 64.5 Å². The summed E-state index contributed by atoms with van der Waals surface area (Å²) in [4.78, 5) is 18.0. The molecule has 3 aromatic rings. The number of anilines is 2. The van der Waals surface area contributed by atoms with Crippen LogP contribution >= 0.6 is 0 Å². The van der Waals surface area contributed by atoms with Gasteiger partial charge in [-0.25, -0.2) is 0 Å². The minimum Gasteiger partial charge on any atom is -0.369 e. The van der Waals surface area contributed by atoms with E-state index in [9.17, 15) is 10.1 Å². The average Bonchev–Trinajstić information content (AvgIpc) is 2.95. The number of piperazine rings is 1. The van der Waals surface area contributed by atoms with Crippen LogP contribution in [0.3, 0.4) is 0 Å². The molecule has 1 amide bonds. The molecule has 3 aromatic carbocycles. The summed E-state index contributed by atoms with van der Waals surface area (Å²) in [5.74, 6) is 0.0225. The first-order valence-electron chi connectivity index (χ1n) is 13.3. The lowest BCUT2D eigenvalue weighted by Crippen LogP contribution is -2.46. The summed E-state index contributed by atoms with van der Waals surface area (Å²) in [6.45, 7) is 6.68. The third-order valence-corrected chi connectivity index (χ3v) is 7.54. The summed E-state index contributed by atoms with van der Waals surface area (Å²) < 4.78 is 0. The Bertz CT molecular complexity index is 1310. The summed E-state index contributed by atoms with van der Waals surface area (Å²) in [7, 11) is 0. The first kappa shape index (κ1) is 24.8. The first-order chi connectivity index (χ1) is 18.1. The van der Waals surface area contributed by atoms with E-state index in [0.29, 0.717) is 0 Å². The van der Waals surface area contributed by atoms with Crippen molar-refractivity contribution in [2.24, 2.45) is 0 Å². The number of aryl methyl sites for hydroxylation is 1. The molecule has 0 saturated carbocycles. The fraction of sp³-hybridized carbons (Fsp3) is 0.312. The van der Waals surface area contributed by atoms with Crippen molar-refractivity contribution < 1.29 is 4.79 Å². The van der Waals surface area contributed by atoms with E-state index in [1.54, 1.807) is 0 Å². The molecule has 1 heterocycles. The van der Waals surface area contributed by atoms with Crippen LogP contribution < -0.4 is 10.2 Å². The van der Waals surface area contributed by atoms with Crippen molar-refractivity contribution in [1.29, 1.82) is 5.26 Å². The average molecular weight is 491 g/mol. The molecule has 5 rings (SSSR count). The van der Waals surface area contributed by atoms with E-state index in [1.807, 2.05) is 36.4 Å². The molecule has 0 spiro atoms. The van der Waals surface area contributed by atoms with Gasteiger partial charge >= 0.3 is 0 Å². The van der Waals surface area contributed by atoms with E-state index in [-0.39, 0.29) is 5.91 Å². The number of nitrogens with zero attached hydrogens (tertiary/aromatic N) is 3. The normalized spacial score (nSPS) is 16.4. The number of amides is 1. The van der Waals surface area contributed by atoms with Crippen molar-refractivity contribution >= 4 is 22.9 Å². The quantitative estimate of drug-likeness (QED) is 0.450. The zero-order valence-corrected chi connectivity index (χ0v) is 21.5. The number of rotatable bonds is 6. The highest BCUT2D eigenvalue weighted by Crippen LogP contribution is 2.33. The molecule has 0 radical (unpaired) electrons. The molecule has 1 aliphatic carbocycles. The first-order valence-corrected chi connectivity index (χ1v) is 13.3. The number of nitrogens with one attached hydrogen (secondary N) is 1. The summed E-state index contributed by atoms with van der Waals surface area (Å²) >= 11 is 0. The lowest BCUT2D eigenvalue weighted by Gasteiger charge is -2.36. The van der Waals surface area contributed by atoms with Crippen LogP contribution in [0, 0.1) is 18.3 Å². The molecule has 1 saturated heterocycles. The maximum Gasteiger partial charge on any atom is 0.251 e. The lowest BCUT2D eigenvalue weighted by atomic mass is 9.86. The lowest BCUT2D eigenvalue weighted by molar-refractivity contribution is -0.113. The summed E-state index contributed by atoms with van der Waals surface area (Å²) in [6.07, 6.45) is 3.98. The molecule has 0 bridgehead atoms. The van der Waals surface area contributed by atoms with Gasteiger partial charge in [-0.2, -0.15) is 5.26 Å². The highest BCUT2D eigenvalue weighted by molar-refractivity contribution is 6.09. The Morgan fingerprint density at radius 1 is 0.892 bits per heavy atom. The molecule has 1 N–H and O–H groups in total.